The van der Waals surface area contributed by atoms with Gasteiger partial charge in [0.05, 0.1) is 12.3 Å². The number of ether oxygens (including phenoxy) is 1. The molecule has 1 aromatic carbocycles. The second kappa shape index (κ2) is 9.80. The van der Waals surface area contributed by atoms with Crippen molar-refractivity contribution < 1.29 is 23.0 Å². The van der Waals surface area contributed by atoms with Crippen molar-refractivity contribution in [1.29, 1.82) is 0 Å². The van der Waals surface area contributed by atoms with Gasteiger partial charge in [-0.3, -0.25) is 0 Å². The highest BCUT2D eigenvalue weighted by Gasteiger charge is 2.31. The SMILES string of the molecule is C=C1C(c2ccc(OC(F)(F)F)cc2)=CC(CNC)=C(CO)N1/C=C\C(C)CC. The van der Waals surface area contributed by atoms with Crippen LogP contribution in [0.15, 0.2) is 66.2 Å². The maximum atomic E-state index is 12.4. The van der Waals surface area contributed by atoms with Gasteiger partial charge in [-0.05, 0) is 42.3 Å². The van der Waals surface area contributed by atoms with Gasteiger partial charge in [0.2, 0.25) is 0 Å². The number of halogens is 3. The summed E-state index contributed by atoms with van der Waals surface area (Å²) in [6, 6.07) is 5.68. The van der Waals surface area contributed by atoms with Crippen molar-refractivity contribution in [2.75, 3.05) is 20.2 Å². The highest BCUT2D eigenvalue weighted by molar-refractivity contribution is 5.82. The number of allylic oxidation sites excluding steroid dienone is 2. The molecule has 0 fully saturated rings. The number of nitrogens with one attached hydrogen (secondary N) is 1. The number of rotatable bonds is 8. The first-order valence-corrected chi connectivity index (χ1v) is 9.42. The number of likely N-dealkylation sites (N-methyl/N-ethyl adjacent to an activating group) is 1. The topological polar surface area (TPSA) is 44.7 Å². The van der Waals surface area contributed by atoms with E-state index >= 15 is 0 Å². The Bertz CT molecular complexity index is 808. The predicted molar refractivity (Wildman–Crippen MR) is 109 cm³/mol. The molecule has 0 radical (unpaired) electrons. The number of alkyl halides is 3. The maximum absolute atomic E-state index is 12.4. The molecule has 2 rings (SSSR count). The van der Waals surface area contributed by atoms with Crippen molar-refractivity contribution in [1.82, 2.24) is 10.2 Å². The van der Waals surface area contributed by atoms with E-state index < -0.39 is 6.36 Å². The van der Waals surface area contributed by atoms with Crippen LogP contribution in [0.4, 0.5) is 13.2 Å². The zero-order valence-corrected chi connectivity index (χ0v) is 16.9. The normalized spacial score (nSPS) is 16.4. The van der Waals surface area contributed by atoms with Crippen LogP contribution >= 0.6 is 0 Å². The molecule has 1 aliphatic rings. The van der Waals surface area contributed by atoms with Gasteiger partial charge in [-0.15, -0.1) is 13.2 Å². The first-order valence-electron chi connectivity index (χ1n) is 9.42. The number of aliphatic hydroxyl groups is 1. The molecule has 1 atom stereocenters. The quantitative estimate of drug-likeness (QED) is 0.647. The van der Waals surface area contributed by atoms with Crippen LogP contribution in [0, 0.1) is 5.92 Å². The summed E-state index contributed by atoms with van der Waals surface area (Å²) in [6.07, 6.45) is 2.08. The Kier molecular flexibility index (Phi) is 7.70. The summed E-state index contributed by atoms with van der Waals surface area (Å²) in [5.41, 5.74) is 3.70. The number of aliphatic hydroxyl groups excluding tert-OH is 1. The highest BCUT2D eigenvalue weighted by Crippen LogP contribution is 2.36. The molecular formula is C22H27F3N2O2. The van der Waals surface area contributed by atoms with Crippen molar-refractivity contribution in [3.63, 3.8) is 0 Å². The minimum Gasteiger partial charge on any atom is -0.406 e. The van der Waals surface area contributed by atoms with Gasteiger partial charge in [0.1, 0.15) is 5.75 Å². The lowest BCUT2D eigenvalue weighted by atomic mass is 9.94. The van der Waals surface area contributed by atoms with E-state index in [2.05, 4.69) is 30.5 Å². The molecule has 0 aromatic heterocycles. The molecule has 1 unspecified atom stereocenters. The lowest BCUT2D eigenvalue weighted by Gasteiger charge is -2.33. The molecule has 1 aliphatic heterocycles. The molecule has 1 aromatic rings. The Morgan fingerprint density at radius 1 is 1.28 bits per heavy atom. The molecule has 0 spiro atoms. The standard InChI is InChI=1S/C22H27F3N2O2/c1-5-15(2)10-11-27-16(3)20(12-18(13-26-4)21(27)14-28)17-6-8-19(9-7-17)29-22(23,24)25/h6-12,15,26,28H,3,5,13-14H2,1-2,4H3/b11-10-. The van der Waals surface area contributed by atoms with Gasteiger partial charge in [-0.1, -0.05) is 45.1 Å². The van der Waals surface area contributed by atoms with Crippen molar-refractivity contribution >= 4 is 5.57 Å². The summed E-state index contributed by atoms with van der Waals surface area (Å²) in [6.45, 7) is 8.70. The van der Waals surface area contributed by atoms with E-state index in [-0.39, 0.29) is 12.4 Å². The van der Waals surface area contributed by atoms with E-state index in [9.17, 15) is 18.3 Å². The van der Waals surface area contributed by atoms with Crippen molar-refractivity contribution in [2.45, 2.75) is 26.6 Å². The third-order valence-electron chi connectivity index (χ3n) is 4.71. The van der Waals surface area contributed by atoms with Crippen LogP contribution in [0.3, 0.4) is 0 Å². The summed E-state index contributed by atoms with van der Waals surface area (Å²) in [7, 11) is 1.81. The molecule has 0 amide bonds. The van der Waals surface area contributed by atoms with E-state index in [4.69, 9.17) is 0 Å². The van der Waals surface area contributed by atoms with Crippen LogP contribution < -0.4 is 10.1 Å². The second-order valence-electron chi connectivity index (χ2n) is 6.83. The zero-order chi connectivity index (χ0) is 21.6. The fourth-order valence-corrected chi connectivity index (χ4v) is 2.94. The van der Waals surface area contributed by atoms with Gasteiger partial charge in [0.15, 0.2) is 0 Å². The smallest absolute Gasteiger partial charge is 0.406 e. The molecule has 1 heterocycles. The first kappa shape index (κ1) is 22.8. The van der Waals surface area contributed by atoms with Gasteiger partial charge in [-0.2, -0.15) is 0 Å². The Hall–Kier alpha value is -2.51. The zero-order valence-electron chi connectivity index (χ0n) is 16.9. The number of benzene rings is 1. The van der Waals surface area contributed by atoms with E-state index in [1.54, 1.807) is 12.1 Å². The summed E-state index contributed by atoms with van der Waals surface area (Å²) < 4.78 is 41.2. The predicted octanol–water partition coefficient (Wildman–Crippen LogP) is 4.82. The summed E-state index contributed by atoms with van der Waals surface area (Å²) in [4.78, 5) is 1.84. The van der Waals surface area contributed by atoms with E-state index in [0.717, 1.165) is 17.6 Å². The molecule has 2 N–H and O–H groups in total. The molecule has 158 valence electrons. The summed E-state index contributed by atoms with van der Waals surface area (Å²) >= 11 is 0. The van der Waals surface area contributed by atoms with Crippen LogP contribution in [0.2, 0.25) is 0 Å². The van der Waals surface area contributed by atoms with Gasteiger partial charge < -0.3 is 20.1 Å². The number of nitrogens with zero attached hydrogens (tertiary/aromatic N) is 1. The van der Waals surface area contributed by atoms with Gasteiger partial charge in [0, 0.05) is 24.0 Å². The molecular weight excluding hydrogens is 381 g/mol. The monoisotopic (exact) mass is 408 g/mol. The van der Waals surface area contributed by atoms with Gasteiger partial charge >= 0.3 is 6.36 Å². The summed E-state index contributed by atoms with van der Waals surface area (Å²) in [5.74, 6) is 0.0717. The van der Waals surface area contributed by atoms with Crippen LogP contribution in [-0.2, 0) is 0 Å². The Morgan fingerprint density at radius 2 is 1.93 bits per heavy atom. The lowest BCUT2D eigenvalue weighted by molar-refractivity contribution is -0.274. The van der Waals surface area contributed by atoms with Gasteiger partial charge in [0.25, 0.3) is 0 Å². The molecule has 0 aliphatic carbocycles. The lowest BCUT2D eigenvalue weighted by Crippen LogP contribution is -2.27. The number of hydrogen-bond donors (Lipinski definition) is 2. The summed E-state index contributed by atoms with van der Waals surface area (Å²) in [5, 5.41) is 13.0. The largest absolute Gasteiger partial charge is 0.573 e. The van der Waals surface area contributed by atoms with Crippen molar-refractivity contribution in [3.05, 3.63) is 71.7 Å². The molecule has 0 saturated carbocycles. The van der Waals surface area contributed by atoms with Crippen LogP contribution in [0.1, 0.15) is 25.8 Å². The molecule has 7 heteroatoms. The minimum atomic E-state index is -4.73. The Morgan fingerprint density at radius 3 is 2.45 bits per heavy atom. The highest BCUT2D eigenvalue weighted by atomic mass is 19.4. The van der Waals surface area contributed by atoms with Gasteiger partial charge in [-0.25, -0.2) is 0 Å². The van der Waals surface area contributed by atoms with Crippen molar-refractivity contribution in [3.8, 4) is 5.75 Å². The maximum Gasteiger partial charge on any atom is 0.573 e. The van der Waals surface area contributed by atoms with Crippen LogP contribution in [-0.4, -0.2) is 36.6 Å². The number of hydrogen-bond acceptors (Lipinski definition) is 4. The average molecular weight is 408 g/mol. The minimum absolute atomic E-state index is 0.164. The van der Waals surface area contributed by atoms with Crippen LogP contribution in [0.25, 0.3) is 5.57 Å². The van der Waals surface area contributed by atoms with E-state index in [0.29, 0.717) is 29.4 Å². The molecule has 29 heavy (non-hydrogen) atoms. The molecule has 0 saturated heterocycles. The molecule has 0 bridgehead atoms. The van der Waals surface area contributed by atoms with Crippen molar-refractivity contribution in [2.24, 2.45) is 5.92 Å². The first-order chi connectivity index (χ1) is 13.7. The second-order valence-corrected chi connectivity index (χ2v) is 6.83. The van der Waals surface area contributed by atoms with E-state index in [1.807, 2.05) is 30.3 Å². The fraction of sp³-hybridized carbons (Fsp3) is 0.364. The van der Waals surface area contributed by atoms with Crippen LogP contribution in [0.5, 0.6) is 5.75 Å². The Labute approximate surface area is 169 Å². The Balaban J connectivity index is 2.43. The molecule has 4 nitrogen and oxygen atoms in total. The fourth-order valence-electron chi connectivity index (χ4n) is 2.94. The average Bonchev–Trinajstić information content (AvgIpc) is 2.67. The third kappa shape index (κ3) is 5.98. The van der Waals surface area contributed by atoms with E-state index in [1.165, 1.54) is 12.1 Å². The third-order valence-corrected chi connectivity index (χ3v) is 4.71.